The number of carbonyl (C=O) groups excluding carboxylic acids is 2. The molecule has 1 N–H and O–H groups in total. The second-order valence-corrected chi connectivity index (χ2v) is 9.21. The molecule has 1 aliphatic heterocycles. The van der Waals surface area contributed by atoms with E-state index in [0.29, 0.717) is 29.6 Å². The summed E-state index contributed by atoms with van der Waals surface area (Å²) in [5, 5.41) is 3.81. The van der Waals surface area contributed by atoms with Crippen LogP contribution in [0.1, 0.15) is 42.5 Å². The molecule has 0 radical (unpaired) electrons. The molecule has 166 valence electrons. The number of hydrogen-bond acceptors (Lipinski definition) is 4. The van der Waals surface area contributed by atoms with Gasteiger partial charge in [0, 0.05) is 43.3 Å². The van der Waals surface area contributed by atoms with Crippen molar-refractivity contribution in [3.8, 4) is 0 Å². The van der Waals surface area contributed by atoms with Crippen molar-refractivity contribution >= 4 is 23.4 Å². The predicted molar refractivity (Wildman–Crippen MR) is 121 cm³/mol. The molecule has 2 amide bonds. The highest BCUT2D eigenvalue weighted by Crippen LogP contribution is 2.31. The normalized spacial score (nSPS) is 19.3. The van der Waals surface area contributed by atoms with Gasteiger partial charge in [0.2, 0.25) is 5.91 Å². The quantitative estimate of drug-likeness (QED) is 0.639. The van der Waals surface area contributed by atoms with Crippen LogP contribution in [0.2, 0.25) is 5.02 Å². The van der Waals surface area contributed by atoms with Gasteiger partial charge in [-0.1, -0.05) is 24.4 Å². The highest BCUT2D eigenvalue weighted by atomic mass is 35.5. The molecule has 1 heterocycles. The molecule has 6 nitrogen and oxygen atoms in total. The Kier molecular flexibility index (Phi) is 8.54. The van der Waals surface area contributed by atoms with Gasteiger partial charge in [-0.3, -0.25) is 14.5 Å². The van der Waals surface area contributed by atoms with Crippen molar-refractivity contribution in [2.75, 3.05) is 53.4 Å². The molecular weight excluding hydrogens is 400 g/mol. The number of carbonyl (C=O) groups is 2. The average molecular weight is 435 g/mol. The van der Waals surface area contributed by atoms with Crippen molar-refractivity contribution in [3.05, 3.63) is 34.9 Å². The van der Waals surface area contributed by atoms with Crippen LogP contribution in [0.3, 0.4) is 0 Å². The van der Waals surface area contributed by atoms with Crippen molar-refractivity contribution in [3.63, 3.8) is 0 Å². The SMILES string of the molecule is CN(C)CCCNC(=O)C(C1CCCC1)N1CCN(C(=O)c2ccc(Cl)cc2)CC1. The summed E-state index contributed by atoms with van der Waals surface area (Å²) in [5.74, 6) is 0.632. The van der Waals surface area contributed by atoms with Crippen LogP contribution in [-0.2, 0) is 4.79 Å². The summed E-state index contributed by atoms with van der Waals surface area (Å²) in [5.41, 5.74) is 0.666. The maximum atomic E-state index is 13.1. The van der Waals surface area contributed by atoms with Crippen LogP contribution in [0.25, 0.3) is 0 Å². The molecule has 2 aliphatic rings. The van der Waals surface area contributed by atoms with Crippen molar-refractivity contribution in [2.24, 2.45) is 5.92 Å². The largest absolute Gasteiger partial charge is 0.355 e. The molecule has 3 rings (SSSR count). The zero-order valence-corrected chi connectivity index (χ0v) is 19.0. The zero-order valence-electron chi connectivity index (χ0n) is 18.3. The second kappa shape index (κ2) is 11.1. The first-order valence-electron chi connectivity index (χ1n) is 11.2. The molecule has 30 heavy (non-hydrogen) atoms. The van der Waals surface area contributed by atoms with Gasteiger partial charge in [-0.25, -0.2) is 0 Å². The summed E-state index contributed by atoms with van der Waals surface area (Å²) in [7, 11) is 4.10. The molecule has 0 bridgehead atoms. The van der Waals surface area contributed by atoms with Gasteiger partial charge in [0.1, 0.15) is 0 Å². The van der Waals surface area contributed by atoms with Crippen LogP contribution in [0.5, 0.6) is 0 Å². The van der Waals surface area contributed by atoms with E-state index in [2.05, 4.69) is 15.1 Å². The number of nitrogens with one attached hydrogen (secondary N) is 1. The Morgan fingerprint density at radius 3 is 2.33 bits per heavy atom. The number of benzene rings is 1. The minimum absolute atomic E-state index is 0.0388. The lowest BCUT2D eigenvalue weighted by Gasteiger charge is -2.40. The molecule has 2 fully saturated rings. The smallest absolute Gasteiger partial charge is 0.253 e. The van der Waals surface area contributed by atoms with Crippen LogP contribution in [0.4, 0.5) is 0 Å². The summed E-state index contributed by atoms with van der Waals surface area (Å²) < 4.78 is 0. The van der Waals surface area contributed by atoms with Gasteiger partial charge in [0.15, 0.2) is 0 Å². The summed E-state index contributed by atoms with van der Waals surface area (Å²) in [4.78, 5) is 32.2. The van der Waals surface area contributed by atoms with Crippen molar-refractivity contribution in [1.82, 2.24) is 20.0 Å². The second-order valence-electron chi connectivity index (χ2n) is 8.77. The molecule has 7 heteroatoms. The third-order valence-electron chi connectivity index (χ3n) is 6.28. The fourth-order valence-corrected chi connectivity index (χ4v) is 4.77. The highest BCUT2D eigenvalue weighted by Gasteiger charge is 2.37. The predicted octanol–water partition coefficient (Wildman–Crippen LogP) is 2.72. The maximum Gasteiger partial charge on any atom is 0.253 e. The average Bonchev–Trinajstić information content (AvgIpc) is 3.26. The van der Waals surface area contributed by atoms with E-state index in [1.54, 1.807) is 24.3 Å². The van der Waals surface area contributed by atoms with Crippen molar-refractivity contribution in [1.29, 1.82) is 0 Å². The standard InChI is InChI=1S/C23H35ClN4O2/c1-26(2)13-5-12-25-22(29)21(18-6-3-4-7-18)27-14-16-28(17-15-27)23(30)19-8-10-20(24)11-9-19/h8-11,18,21H,3-7,12-17H2,1-2H3,(H,25,29). The lowest BCUT2D eigenvalue weighted by molar-refractivity contribution is -0.129. The van der Waals surface area contributed by atoms with Crippen LogP contribution in [-0.4, -0.2) is 85.9 Å². The fourth-order valence-electron chi connectivity index (χ4n) is 4.64. The van der Waals surface area contributed by atoms with E-state index in [0.717, 1.165) is 45.4 Å². The molecule has 1 aromatic carbocycles. The van der Waals surface area contributed by atoms with Gasteiger partial charge >= 0.3 is 0 Å². The maximum absolute atomic E-state index is 13.1. The molecule has 1 saturated carbocycles. The van der Waals surface area contributed by atoms with Gasteiger partial charge in [0.25, 0.3) is 5.91 Å². The van der Waals surface area contributed by atoms with E-state index in [4.69, 9.17) is 11.6 Å². The van der Waals surface area contributed by atoms with Crippen LogP contribution in [0.15, 0.2) is 24.3 Å². The third-order valence-corrected chi connectivity index (χ3v) is 6.53. The Hall–Kier alpha value is -1.63. The Morgan fingerprint density at radius 1 is 1.10 bits per heavy atom. The molecule has 1 aromatic rings. The number of hydrogen-bond donors (Lipinski definition) is 1. The number of nitrogens with zero attached hydrogens (tertiary/aromatic N) is 3. The van der Waals surface area contributed by atoms with E-state index in [9.17, 15) is 9.59 Å². The third kappa shape index (κ3) is 6.19. The minimum atomic E-state index is -0.0698. The first kappa shape index (κ1) is 23.0. The Morgan fingerprint density at radius 2 is 1.73 bits per heavy atom. The van der Waals surface area contributed by atoms with Gasteiger partial charge in [-0.15, -0.1) is 0 Å². The number of amides is 2. The first-order valence-corrected chi connectivity index (χ1v) is 11.5. The number of piperazine rings is 1. The highest BCUT2D eigenvalue weighted by molar-refractivity contribution is 6.30. The lowest BCUT2D eigenvalue weighted by Crippen LogP contribution is -2.58. The van der Waals surface area contributed by atoms with Gasteiger partial charge in [-0.2, -0.15) is 0 Å². The summed E-state index contributed by atoms with van der Waals surface area (Å²) in [6, 6.07) is 6.99. The molecule has 1 saturated heterocycles. The monoisotopic (exact) mass is 434 g/mol. The van der Waals surface area contributed by atoms with Crippen molar-refractivity contribution in [2.45, 2.75) is 38.1 Å². The first-order chi connectivity index (χ1) is 14.5. The van der Waals surface area contributed by atoms with Crippen molar-refractivity contribution < 1.29 is 9.59 Å². The summed E-state index contributed by atoms with van der Waals surface area (Å²) in [6.45, 7) is 4.48. The number of rotatable bonds is 8. The number of halogens is 1. The summed E-state index contributed by atoms with van der Waals surface area (Å²) in [6.07, 6.45) is 5.63. The van der Waals surface area contributed by atoms with Crippen LogP contribution < -0.4 is 5.32 Å². The lowest BCUT2D eigenvalue weighted by atomic mass is 9.95. The van der Waals surface area contributed by atoms with E-state index >= 15 is 0 Å². The Bertz CT molecular complexity index is 696. The van der Waals surface area contributed by atoms with E-state index < -0.39 is 0 Å². The summed E-state index contributed by atoms with van der Waals surface area (Å²) >= 11 is 5.94. The molecule has 1 unspecified atom stereocenters. The van der Waals surface area contributed by atoms with Crippen LogP contribution in [0, 0.1) is 5.92 Å². The Balaban J connectivity index is 1.56. The Labute approximate surface area is 185 Å². The van der Waals surface area contributed by atoms with Gasteiger partial charge in [0.05, 0.1) is 6.04 Å². The molecular formula is C23H35ClN4O2. The van der Waals surface area contributed by atoms with E-state index in [1.165, 1.54) is 12.8 Å². The van der Waals surface area contributed by atoms with E-state index in [1.807, 2.05) is 19.0 Å². The minimum Gasteiger partial charge on any atom is -0.355 e. The molecule has 0 aromatic heterocycles. The van der Waals surface area contributed by atoms with Gasteiger partial charge in [-0.05, 0) is 70.1 Å². The fraction of sp³-hybridized carbons (Fsp3) is 0.652. The molecule has 1 atom stereocenters. The van der Waals surface area contributed by atoms with Crippen LogP contribution >= 0.6 is 11.6 Å². The molecule has 1 aliphatic carbocycles. The topological polar surface area (TPSA) is 55.9 Å². The van der Waals surface area contributed by atoms with Gasteiger partial charge < -0.3 is 15.1 Å². The zero-order chi connectivity index (χ0) is 21.5. The molecule has 0 spiro atoms. The van der Waals surface area contributed by atoms with E-state index in [-0.39, 0.29) is 17.9 Å².